The quantitative estimate of drug-likeness (QED) is 0.751. The molecule has 1 N–H and O–H groups in total. The Morgan fingerprint density at radius 2 is 2.14 bits per heavy atom. The molecule has 3 heteroatoms. The number of likely N-dealkylation sites (tertiary alicyclic amines) is 1. The van der Waals surface area contributed by atoms with Crippen LogP contribution in [0.15, 0.2) is 0 Å². The van der Waals surface area contributed by atoms with Crippen LogP contribution >= 0.6 is 0 Å². The normalized spacial score (nSPS) is 30.0. The lowest BCUT2D eigenvalue weighted by molar-refractivity contribution is -0.0189. The van der Waals surface area contributed by atoms with Gasteiger partial charge in [0.15, 0.2) is 0 Å². The first kappa shape index (κ1) is 13.9. The Kier molecular flexibility index (Phi) is 6.33. The summed E-state index contributed by atoms with van der Waals surface area (Å²) >= 11 is 0. The van der Waals surface area contributed by atoms with Crippen molar-refractivity contribution in [3.8, 4) is 0 Å². The summed E-state index contributed by atoms with van der Waals surface area (Å²) in [6, 6.07) is 0.199. The maximum Gasteiger partial charge on any atom is 0.0732 e. The molecule has 0 radical (unpaired) electrons. The summed E-state index contributed by atoms with van der Waals surface area (Å²) in [5, 5.41) is 9.77. The summed E-state index contributed by atoms with van der Waals surface area (Å²) < 4.78 is 5.53. The van der Waals surface area contributed by atoms with Gasteiger partial charge < -0.3 is 9.84 Å². The molecule has 0 spiro atoms. The number of likely N-dealkylation sites (N-methyl/N-ethyl adjacent to an activating group) is 1. The van der Waals surface area contributed by atoms with Gasteiger partial charge in [0.1, 0.15) is 0 Å². The highest BCUT2D eigenvalue weighted by molar-refractivity contribution is 4.90. The average molecular weight is 203 g/mol. The molecular formula is C11H25NO2. The first-order valence-electron chi connectivity index (χ1n) is 5.24. The van der Waals surface area contributed by atoms with E-state index < -0.39 is 0 Å². The van der Waals surface area contributed by atoms with E-state index >= 15 is 0 Å². The zero-order chi connectivity index (χ0) is 9.84. The number of aliphatic hydroxyl groups is 1. The summed E-state index contributed by atoms with van der Waals surface area (Å²) in [6.45, 7) is 8.89. The third-order valence-electron chi connectivity index (χ3n) is 2.84. The van der Waals surface area contributed by atoms with E-state index in [-0.39, 0.29) is 25.7 Å². The molecule has 14 heavy (non-hydrogen) atoms. The molecule has 0 amide bonds. The van der Waals surface area contributed by atoms with Crippen molar-refractivity contribution in [2.45, 2.75) is 52.9 Å². The summed E-state index contributed by atoms with van der Waals surface area (Å²) in [5.41, 5.74) is 0. The molecule has 0 aromatic rings. The Morgan fingerprint density at radius 3 is 2.64 bits per heavy atom. The lowest BCUT2D eigenvalue weighted by Crippen LogP contribution is -2.44. The second kappa shape index (κ2) is 6.38. The molecule has 1 aliphatic rings. The van der Waals surface area contributed by atoms with E-state index in [4.69, 9.17) is 4.74 Å². The maximum atomic E-state index is 9.77. The van der Waals surface area contributed by atoms with E-state index in [1.807, 2.05) is 13.8 Å². The molecule has 1 rings (SSSR count). The fourth-order valence-corrected chi connectivity index (χ4v) is 2.20. The van der Waals surface area contributed by atoms with Gasteiger partial charge in [-0.2, -0.15) is 0 Å². The molecule has 0 aromatic heterocycles. The van der Waals surface area contributed by atoms with E-state index in [0.717, 1.165) is 26.1 Å². The van der Waals surface area contributed by atoms with E-state index in [1.165, 1.54) is 0 Å². The molecule has 0 aliphatic carbocycles. The standard InChI is InChI=1S/C10H21NO2.CH4/c1-4-11-7-6-9(12)10(11)8(3)13-5-2;/h8-10,12H,4-7H2,1-3H3;1H4/t8-,9-,10+;/m0./s1. The van der Waals surface area contributed by atoms with Gasteiger partial charge in [0.25, 0.3) is 0 Å². The first-order chi connectivity index (χ1) is 6.20. The molecule has 0 unspecified atom stereocenters. The van der Waals surface area contributed by atoms with Gasteiger partial charge in [-0.05, 0) is 26.8 Å². The summed E-state index contributed by atoms with van der Waals surface area (Å²) in [4.78, 5) is 2.30. The zero-order valence-electron chi connectivity index (χ0n) is 8.86. The molecule has 1 aliphatic heterocycles. The number of hydrogen-bond donors (Lipinski definition) is 1. The fraction of sp³-hybridized carbons (Fsp3) is 1.00. The SMILES string of the molecule is C.CCO[C@@H](C)[C@@H]1[C@@H](O)CCN1CC. The van der Waals surface area contributed by atoms with Crippen LogP contribution in [0.3, 0.4) is 0 Å². The maximum absolute atomic E-state index is 9.77. The minimum atomic E-state index is -0.207. The first-order valence-corrected chi connectivity index (χ1v) is 5.24. The van der Waals surface area contributed by atoms with Crippen LogP contribution in [0.5, 0.6) is 0 Å². The van der Waals surface area contributed by atoms with Crippen LogP contribution in [-0.2, 0) is 4.74 Å². The molecule has 0 aromatic carbocycles. The molecular weight excluding hydrogens is 178 g/mol. The minimum Gasteiger partial charge on any atom is -0.391 e. The smallest absolute Gasteiger partial charge is 0.0732 e. The third-order valence-corrected chi connectivity index (χ3v) is 2.84. The monoisotopic (exact) mass is 203 g/mol. The second-order valence-electron chi connectivity index (χ2n) is 3.64. The van der Waals surface area contributed by atoms with Gasteiger partial charge in [0.2, 0.25) is 0 Å². The van der Waals surface area contributed by atoms with Crippen LogP contribution in [0.25, 0.3) is 0 Å². The van der Waals surface area contributed by atoms with Gasteiger partial charge in [0.05, 0.1) is 18.2 Å². The van der Waals surface area contributed by atoms with E-state index in [9.17, 15) is 5.11 Å². The minimum absolute atomic E-state index is 0. The summed E-state index contributed by atoms with van der Waals surface area (Å²) in [5.74, 6) is 0. The van der Waals surface area contributed by atoms with Crippen molar-refractivity contribution in [3.05, 3.63) is 0 Å². The van der Waals surface area contributed by atoms with Crippen molar-refractivity contribution in [1.29, 1.82) is 0 Å². The van der Waals surface area contributed by atoms with Crippen LogP contribution in [-0.4, -0.2) is 48.0 Å². The van der Waals surface area contributed by atoms with Crippen molar-refractivity contribution < 1.29 is 9.84 Å². The Bertz CT molecular complexity index is 152. The number of ether oxygens (including phenoxy) is 1. The Hall–Kier alpha value is -0.120. The van der Waals surface area contributed by atoms with E-state index in [0.29, 0.717) is 0 Å². The number of nitrogens with zero attached hydrogens (tertiary/aromatic N) is 1. The lowest BCUT2D eigenvalue weighted by Gasteiger charge is -2.30. The van der Waals surface area contributed by atoms with Crippen LogP contribution in [0.4, 0.5) is 0 Å². The fourth-order valence-electron chi connectivity index (χ4n) is 2.20. The zero-order valence-corrected chi connectivity index (χ0v) is 8.86. The number of aliphatic hydroxyl groups excluding tert-OH is 1. The van der Waals surface area contributed by atoms with Gasteiger partial charge in [-0.15, -0.1) is 0 Å². The predicted octanol–water partition coefficient (Wildman–Crippen LogP) is 1.50. The molecule has 3 nitrogen and oxygen atoms in total. The van der Waals surface area contributed by atoms with Gasteiger partial charge in [-0.1, -0.05) is 14.4 Å². The molecule has 1 heterocycles. The van der Waals surface area contributed by atoms with Gasteiger partial charge in [-0.25, -0.2) is 0 Å². The van der Waals surface area contributed by atoms with Gasteiger partial charge in [0, 0.05) is 13.2 Å². The average Bonchev–Trinajstić information content (AvgIpc) is 2.47. The van der Waals surface area contributed by atoms with Crippen molar-refractivity contribution in [3.63, 3.8) is 0 Å². The van der Waals surface area contributed by atoms with Gasteiger partial charge >= 0.3 is 0 Å². The molecule has 0 saturated carbocycles. The molecule has 1 saturated heterocycles. The molecule has 0 bridgehead atoms. The molecule has 86 valence electrons. The molecule has 1 fully saturated rings. The van der Waals surface area contributed by atoms with Gasteiger partial charge in [-0.3, -0.25) is 4.90 Å². The topological polar surface area (TPSA) is 32.7 Å². The highest BCUT2D eigenvalue weighted by atomic mass is 16.5. The third kappa shape index (κ3) is 2.94. The predicted molar refractivity (Wildman–Crippen MR) is 59.5 cm³/mol. The van der Waals surface area contributed by atoms with E-state index in [2.05, 4.69) is 11.8 Å². The highest BCUT2D eigenvalue weighted by Gasteiger charge is 2.35. The van der Waals surface area contributed by atoms with Crippen molar-refractivity contribution in [2.24, 2.45) is 0 Å². The van der Waals surface area contributed by atoms with E-state index in [1.54, 1.807) is 0 Å². The van der Waals surface area contributed by atoms with Crippen LogP contribution in [0, 0.1) is 0 Å². The Morgan fingerprint density at radius 1 is 1.50 bits per heavy atom. The van der Waals surface area contributed by atoms with Crippen molar-refractivity contribution in [2.75, 3.05) is 19.7 Å². The van der Waals surface area contributed by atoms with Crippen LogP contribution < -0.4 is 0 Å². The van der Waals surface area contributed by atoms with Crippen LogP contribution in [0.1, 0.15) is 34.6 Å². The summed E-state index contributed by atoms with van der Waals surface area (Å²) in [7, 11) is 0. The Balaban J connectivity index is 0.00000169. The number of hydrogen-bond acceptors (Lipinski definition) is 3. The second-order valence-corrected chi connectivity index (χ2v) is 3.64. The van der Waals surface area contributed by atoms with Crippen molar-refractivity contribution >= 4 is 0 Å². The molecule has 3 atom stereocenters. The lowest BCUT2D eigenvalue weighted by atomic mass is 10.1. The van der Waals surface area contributed by atoms with Crippen LogP contribution in [0.2, 0.25) is 0 Å². The summed E-state index contributed by atoms with van der Waals surface area (Å²) in [6.07, 6.45) is 0.819. The number of rotatable bonds is 4. The Labute approximate surface area is 88.1 Å². The highest BCUT2D eigenvalue weighted by Crippen LogP contribution is 2.21. The van der Waals surface area contributed by atoms with Crippen molar-refractivity contribution in [1.82, 2.24) is 4.90 Å². The largest absolute Gasteiger partial charge is 0.391 e.